The van der Waals surface area contributed by atoms with Crippen molar-refractivity contribution < 1.29 is 4.79 Å². The third-order valence-corrected chi connectivity index (χ3v) is 2.77. The highest BCUT2D eigenvalue weighted by Crippen LogP contribution is 2.32. The van der Waals surface area contributed by atoms with Crippen molar-refractivity contribution in [3.63, 3.8) is 0 Å². The molecule has 0 radical (unpaired) electrons. The lowest BCUT2D eigenvalue weighted by atomic mass is 10.2. The number of nitrogens with one attached hydrogen (secondary N) is 1. The van der Waals surface area contributed by atoms with Crippen LogP contribution in [0.15, 0.2) is 18.2 Å². The van der Waals surface area contributed by atoms with Crippen LogP contribution >= 0.6 is 11.6 Å². The van der Waals surface area contributed by atoms with E-state index < -0.39 is 0 Å². The molecule has 0 fully saturated rings. The smallest absolute Gasteiger partial charge is 0.178 e. The summed E-state index contributed by atoms with van der Waals surface area (Å²) in [5, 5.41) is 1.65. The number of hydrogen-bond acceptors (Lipinski definition) is 2. The highest BCUT2D eigenvalue weighted by atomic mass is 35.5. The van der Waals surface area contributed by atoms with Gasteiger partial charge >= 0.3 is 0 Å². The summed E-state index contributed by atoms with van der Waals surface area (Å²) in [6.07, 6.45) is 0. The number of halogens is 1. The molecular formula is C12H13ClN2O. The van der Waals surface area contributed by atoms with Crippen LogP contribution in [-0.2, 0) is 0 Å². The van der Waals surface area contributed by atoms with Crippen LogP contribution in [0.3, 0.4) is 0 Å². The van der Waals surface area contributed by atoms with Crippen molar-refractivity contribution in [2.75, 3.05) is 19.0 Å². The van der Waals surface area contributed by atoms with E-state index in [4.69, 9.17) is 11.6 Å². The van der Waals surface area contributed by atoms with Gasteiger partial charge in [-0.3, -0.25) is 4.79 Å². The van der Waals surface area contributed by atoms with Crippen molar-refractivity contribution in [2.24, 2.45) is 0 Å². The molecule has 0 amide bonds. The van der Waals surface area contributed by atoms with Crippen LogP contribution in [-0.4, -0.2) is 24.9 Å². The van der Waals surface area contributed by atoms with Gasteiger partial charge in [0.05, 0.1) is 5.69 Å². The molecule has 0 saturated heterocycles. The molecule has 1 N–H and O–H groups in total. The van der Waals surface area contributed by atoms with Crippen LogP contribution in [0, 0.1) is 0 Å². The first-order chi connectivity index (χ1) is 7.50. The number of aromatic amines is 1. The second-order valence-corrected chi connectivity index (χ2v) is 4.43. The molecule has 16 heavy (non-hydrogen) atoms. The Labute approximate surface area is 99.0 Å². The molecular weight excluding hydrogens is 224 g/mol. The molecule has 0 aliphatic heterocycles. The Kier molecular flexibility index (Phi) is 2.64. The molecule has 1 aromatic carbocycles. The lowest BCUT2D eigenvalue weighted by Crippen LogP contribution is -2.11. The molecule has 0 atom stereocenters. The summed E-state index contributed by atoms with van der Waals surface area (Å²) in [7, 11) is 3.83. The molecule has 84 valence electrons. The zero-order valence-corrected chi connectivity index (χ0v) is 10.2. The minimum absolute atomic E-state index is 0.0241. The van der Waals surface area contributed by atoms with Crippen LogP contribution in [0.25, 0.3) is 10.9 Å². The molecule has 2 aromatic rings. The van der Waals surface area contributed by atoms with E-state index >= 15 is 0 Å². The number of anilines is 1. The number of carbonyl (C=O) groups excluding carboxylic acids is 1. The van der Waals surface area contributed by atoms with Crippen molar-refractivity contribution in [2.45, 2.75) is 6.92 Å². The van der Waals surface area contributed by atoms with Crippen LogP contribution in [0.2, 0.25) is 5.02 Å². The summed E-state index contributed by atoms with van der Waals surface area (Å²) < 4.78 is 0. The molecule has 4 heteroatoms. The maximum atomic E-state index is 11.5. The van der Waals surface area contributed by atoms with Gasteiger partial charge in [-0.2, -0.15) is 0 Å². The van der Waals surface area contributed by atoms with E-state index in [1.54, 1.807) is 6.92 Å². The number of nitrogens with zero attached hydrogens (tertiary/aromatic N) is 1. The van der Waals surface area contributed by atoms with Crippen LogP contribution in [0.1, 0.15) is 17.4 Å². The van der Waals surface area contributed by atoms with E-state index in [9.17, 15) is 4.79 Å². The first kappa shape index (κ1) is 11.0. The van der Waals surface area contributed by atoms with E-state index in [0.717, 1.165) is 16.6 Å². The zero-order chi connectivity index (χ0) is 11.9. The molecule has 3 nitrogen and oxygen atoms in total. The standard InChI is InChI=1S/C12H13ClN2O/c1-7(16)11-12(15(2)3)9-6-8(13)4-5-10(9)14-11/h4-6,14H,1-3H3. The normalized spacial score (nSPS) is 10.8. The topological polar surface area (TPSA) is 36.1 Å². The Balaban J connectivity index is 2.82. The third kappa shape index (κ3) is 1.67. The summed E-state index contributed by atoms with van der Waals surface area (Å²) in [6, 6.07) is 5.57. The second-order valence-electron chi connectivity index (χ2n) is 3.99. The number of benzene rings is 1. The van der Waals surface area contributed by atoms with Gasteiger partial charge in [0.2, 0.25) is 0 Å². The van der Waals surface area contributed by atoms with Gasteiger partial charge in [0.15, 0.2) is 5.78 Å². The average molecular weight is 237 g/mol. The maximum absolute atomic E-state index is 11.5. The number of H-pyrrole nitrogens is 1. The van der Waals surface area contributed by atoms with E-state index in [1.807, 2.05) is 37.2 Å². The lowest BCUT2D eigenvalue weighted by molar-refractivity contribution is 0.101. The van der Waals surface area contributed by atoms with Gasteiger partial charge in [-0.25, -0.2) is 0 Å². The Hall–Kier alpha value is -1.48. The highest BCUT2D eigenvalue weighted by Gasteiger charge is 2.16. The third-order valence-electron chi connectivity index (χ3n) is 2.53. The Bertz CT molecular complexity index is 557. The summed E-state index contributed by atoms with van der Waals surface area (Å²) in [6.45, 7) is 1.55. The average Bonchev–Trinajstić information content (AvgIpc) is 2.55. The molecule has 0 aliphatic carbocycles. The second kappa shape index (κ2) is 3.83. The molecule has 0 aliphatic rings. The van der Waals surface area contributed by atoms with Crippen molar-refractivity contribution in [1.29, 1.82) is 0 Å². The zero-order valence-electron chi connectivity index (χ0n) is 9.47. The molecule has 2 rings (SSSR count). The van der Waals surface area contributed by atoms with E-state index in [-0.39, 0.29) is 5.78 Å². The van der Waals surface area contributed by atoms with Crippen LogP contribution < -0.4 is 4.90 Å². The SMILES string of the molecule is CC(=O)c1[nH]c2ccc(Cl)cc2c1N(C)C. The highest BCUT2D eigenvalue weighted by molar-refractivity contribution is 6.31. The van der Waals surface area contributed by atoms with Gasteiger partial charge < -0.3 is 9.88 Å². The summed E-state index contributed by atoms with van der Waals surface area (Å²) in [5.74, 6) is 0.0241. The van der Waals surface area contributed by atoms with Gasteiger partial charge in [-0.15, -0.1) is 0 Å². The number of fused-ring (bicyclic) bond motifs is 1. The van der Waals surface area contributed by atoms with E-state index in [0.29, 0.717) is 10.7 Å². The van der Waals surface area contributed by atoms with Crippen LogP contribution in [0.4, 0.5) is 5.69 Å². The summed E-state index contributed by atoms with van der Waals surface area (Å²) in [5.41, 5.74) is 2.45. The Morgan fingerprint density at radius 2 is 2.06 bits per heavy atom. The van der Waals surface area contributed by atoms with Crippen molar-refractivity contribution in [3.05, 3.63) is 28.9 Å². The number of ketones is 1. The lowest BCUT2D eigenvalue weighted by Gasteiger charge is -2.12. The van der Waals surface area contributed by atoms with Gasteiger partial charge in [-0.05, 0) is 18.2 Å². The molecule has 0 saturated carbocycles. The minimum atomic E-state index is 0.0241. The van der Waals surface area contributed by atoms with Gasteiger partial charge in [0.25, 0.3) is 0 Å². The van der Waals surface area contributed by atoms with Crippen molar-refractivity contribution in [1.82, 2.24) is 4.98 Å². The first-order valence-corrected chi connectivity index (χ1v) is 5.38. The van der Waals surface area contributed by atoms with Crippen molar-refractivity contribution in [3.8, 4) is 0 Å². The van der Waals surface area contributed by atoms with Gasteiger partial charge in [0.1, 0.15) is 5.69 Å². The Morgan fingerprint density at radius 3 is 2.62 bits per heavy atom. The first-order valence-electron chi connectivity index (χ1n) is 5.00. The fourth-order valence-corrected chi connectivity index (χ4v) is 2.04. The van der Waals surface area contributed by atoms with Crippen molar-refractivity contribution >= 4 is 34.0 Å². The minimum Gasteiger partial charge on any atom is -0.375 e. The molecule has 0 unspecified atom stereocenters. The monoisotopic (exact) mass is 236 g/mol. The molecule has 0 bridgehead atoms. The molecule has 1 aromatic heterocycles. The van der Waals surface area contributed by atoms with E-state index in [2.05, 4.69) is 4.98 Å². The fourth-order valence-electron chi connectivity index (χ4n) is 1.87. The Morgan fingerprint density at radius 1 is 1.38 bits per heavy atom. The predicted octanol–water partition coefficient (Wildman–Crippen LogP) is 3.09. The van der Waals surface area contributed by atoms with Gasteiger partial charge in [-0.1, -0.05) is 11.6 Å². The molecule has 0 spiro atoms. The number of hydrogen-bond donors (Lipinski definition) is 1. The summed E-state index contributed by atoms with van der Waals surface area (Å²) in [4.78, 5) is 16.6. The van der Waals surface area contributed by atoms with Gasteiger partial charge in [0, 0.05) is 36.9 Å². The fraction of sp³-hybridized carbons (Fsp3) is 0.250. The summed E-state index contributed by atoms with van der Waals surface area (Å²) >= 11 is 5.97. The number of rotatable bonds is 2. The quantitative estimate of drug-likeness (QED) is 0.814. The predicted molar refractivity (Wildman–Crippen MR) is 67.6 cm³/mol. The largest absolute Gasteiger partial charge is 0.375 e. The maximum Gasteiger partial charge on any atom is 0.178 e. The van der Waals surface area contributed by atoms with Crippen LogP contribution in [0.5, 0.6) is 0 Å². The number of aromatic nitrogens is 1. The number of Topliss-reactive ketones (excluding diaryl/α,β-unsaturated/α-hetero) is 1. The number of carbonyl (C=O) groups is 1. The molecule has 1 heterocycles. The van der Waals surface area contributed by atoms with E-state index in [1.165, 1.54) is 0 Å².